The average Bonchev–Trinajstić information content (AvgIpc) is 2.28. The molecule has 1 amide bonds. The van der Waals surface area contributed by atoms with Crippen molar-refractivity contribution in [3.8, 4) is 0 Å². The van der Waals surface area contributed by atoms with Crippen LogP contribution in [0.25, 0.3) is 0 Å². The molecular formula is C12H18ClN3O. The topological polar surface area (TPSA) is 46.1 Å². The van der Waals surface area contributed by atoms with Gasteiger partial charge in [-0.3, -0.25) is 4.79 Å². The summed E-state index contributed by atoms with van der Waals surface area (Å²) in [5.41, 5.74) is 2.02. The number of carbonyl (C=O) groups excluding carboxylic acids is 1. The van der Waals surface area contributed by atoms with Gasteiger partial charge in [-0.15, -0.1) is 11.6 Å². The normalized spacial score (nSPS) is 12.3. The van der Waals surface area contributed by atoms with Crippen molar-refractivity contribution in [1.82, 2.24) is 15.1 Å². The van der Waals surface area contributed by atoms with Crippen molar-refractivity contribution in [2.75, 3.05) is 13.6 Å². The quantitative estimate of drug-likeness (QED) is 0.775. The molecule has 1 unspecified atom stereocenters. The Morgan fingerprint density at radius 3 is 2.71 bits per heavy atom. The molecule has 1 aromatic rings. The molecule has 1 heterocycles. The van der Waals surface area contributed by atoms with Gasteiger partial charge in [0.1, 0.15) is 0 Å². The Morgan fingerprint density at radius 1 is 1.47 bits per heavy atom. The molecule has 94 valence electrons. The fraction of sp³-hybridized carbons (Fsp3) is 0.583. The van der Waals surface area contributed by atoms with E-state index in [1.807, 2.05) is 13.8 Å². The van der Waals surface area contributed by atoms with Gasteiger partial charge in [0.25, 0.3) is 5.91 Å². The molecule has 0 aliphatic rings. The van der Waals surface area contributed by atoms with E-state index in [1.54, 1.807) is 24.9 Å². The van der Waals surface area contributed by atoms with Crippen molar-refractivity contribution in [2.45, 2.75) is 32.6 Å². The van der Waals surface area contributed by atoms with Crippen LogP contribution in [0.4, 0.5) is 0 Å². The highest BCUT2D eigenvalue weighted by molar-refractivity contribution is 6.20. The minimum absolute atomic E-state index is 0.0298. The van der Waals surface area contributed by atoms with E-state index in [0.29, 0.717) is 17.8 Å². The summed E-state index contributed by atoms with van der Waals surface area (Å²) in [6.45, 7) is 6.18. The predicted molar refractivity (Wildman–Crippen MR) is 68.4 cm³/mol. The molecule has 0 fully saturated rings. The van der Waals surface area contributed by atoms with Crippen LogP contribution in [0.15, 0.2) is 6.07 Å². The lowest BCUT2D eigenvalue weighted by Gasteiger charge is -2.18. The Kier molecular flexibility index (Phi) is 4.87. The van der Waals surface area contributed by atoms with Gasteiger partial charge in [0.15, 0.2) is 0 Å². The number of alkyl halides is 1. The van der Waals surface area contributed by atoms with Gasteiger partial charge in [0, 0.05) is 19.0 Å². The Bertz CT molecular complexity index is 407. The number of amides is 1. The SMILES string of the molecule is Cc1cc(C(=O)N(C)CCC(C)Cl)c(C)nn1. The van der Waals surface area contributed by atoms with Crippen LogP contribution in [-0.2, 0) is 0 Å². The number of rotatable bonds is 4. The van der Waals surface area contributed by atoms with Crippen LogP contribution < -0.4 is 0 Å². The Morgan fingerprint density at radius 2 is 2.12 bits per heavy atom. The number of hydrogen-bond donors (Lipinski definition) is 0. The Balaban J connectivity index is 2.78. The summed E-state index contributed by atoms with van der Waals surface area (Å²) in [7, 11) is 1.77. The number of hydrogen-bond acceptors (Lipinski definition) is 3. The molecule has 0 radical (unpaired) electrons. The summed E-state index contributed by atoms with van der Waals surface area (Å²) in [6, 6.07) is 1.77. The second-order valence-electron chi connectivity index (χ2n) is 4.28. The van der Waals surface area contributed by atoms with Crippen molar-refractivity contribution in [2.24, 2.45) is 0 Å². The van der Waals surface area contributed by atoms with Crippen LogP contribution in [0.1, 0.15) is 35.1 Å². The van der Waals surface area contributed by atoms with Crippen LogP contribution in [0.2, 0.25) is 0 Å². The van der Waals surface area contributed by atoms with Crippen molar-refractivity contribution in [3.63, 3.8) is 0 Å². The highest BCUT2D eigenvalue weighted by Gasteiger charge is 2.15. The van der Waals surface area contributed by atoms with Gasteiger partial charge in [-0.05, 0) is 33.3 Å². The lowest BCUT2D eigenvalue weighted by molar-refractivity contribution is 0.0792. The molecule has 1 aromatic heterocycles. The van der Waals surface area contributed by atoms with Crippen LogP contribution >= 0.6 is 11.6 Å². The maximum Gasteiger partial charge on any atom is 0.255 e. The fourth-order valence-corrected chi connectivity index (χ4v) is 1.54. The molecule has 17 heavy (non-hydrogen) atoms. The molecule has 0 aliphatic carbocycles. The Labute approximate surface area is 107 Å². The monoisotopic (exact) mass is 255 g/mol. The number of halogens is 1. The van der Waals surface area contributed by atoms with Gasteiger partial charge in [0.05, 0.1) is 17.0 Å². The number of aromatic nitrogens is 2. The summed E-state index contributed by atoms with van der Waals surface area (Å²) in [4.78, 5) is 13.8. The summed E-state index contributed by atoms with van der Waals surface area (Å²) < 4.78 is 0. The smallest absolute Gasteiger partial charge is 0.255 e. The lowest BCUT2D eigenvalue weighted by atomic mass is 10.1. The third-order valence-corrected chi connectivity index (χ3v) is 2.76. The minimum Gasteiger partial charge on any atom is -0.342 e. The van der Waals surface area contributed by atoms with E-state index in [-0.39, 0.29) is 11.3 Å². The molecule has 0 bridgehead atoms. The van der Waals surface area contributed by atoms with Crippen molar-refractivity contribution in [1.29, 1.82) is 0 Å². The summed E-state index contributed by atoms with van der Waals surface area (Å²) >= 11 is 5.87. The summed E-state index contributed by atoms with van der Waals surface area (Å²) in [5.74, 6) is -0.0298. The third-order valence-electron chi connectivity index (χ3n) is 2.54. The molecule has 0 aromatic carbocycles. The standard InChI is InChI=1S/C12H18ClN3O/c1-8(13)5-6-16(4)12(17)11-7-9(2)14-15-10(11)3/h7-8H,5-6H2,1-4H3. The zero-order valence-corrected chi connectivity index (χ0v) is 11.5. The maximum atomic E-state index is 12.1. The van der Waals surface area contributed by atoms with Crippen LogP contribution in [0.5, 0.6) is 0 Å². The average molecular weight is 256 g/mol. The van der Waals surface area contributed by atoms with Crippen molar-refractivity contribution < 1.29 is 4.79 Å². The van der Waals surface area contributed by atoms with Crippen LogP contribution in [0, 0.1) is 13.8 Å². The fourth-order valence-electron chi connectivity index (χ4n) is 1.45. The van der Waals surface area contributed by atoms with E-state index < -0.39 is 0 Å². The van der Waals surface area contributed by atoms with Gasteiger partial charge >= 0.3 is 0 Å². The van der Waals surface area contributed by atoms with E-state index in [1.165, 1.54) is 0 Å². The molecule has 0 saturated carbocycles. The zero-order chi connectivity index (χ0) is 13.0. The van der Waals surface area contributed by atoms with E-state index >= 15 is 0 Å². The molecular weight excluding hydrogens is 238 g/mol. The highest BCUT2D eigenvalue weighted by atomic mass is 35.5. The predicted octanol–water partition coefficient (Wildman–Crippen LogP) is 2.18. The minimum atomic E-state index is -0.0298. The first-order valence-electron chi connectivity index (χ1n) is 5.62. The lowest BCUT2D eigenvalue weighted by Crippen LogP contribution is -2.29. The first kappa shape index (κ1) is 13.9. The van der Waals surface area contributed by atoms with E-state index in [4.69, 9.17) is 11.6 Å². The number of aryl methyl sites for hydroxylation is 2. The maximum absolute atomic E-state index is 12.1. The van der Waals surface area contributed by atoms with Gasteiger partial charge in [-0.2, -0.15) is 10.2 Å². The summed E-state index contributed by atoms with van der Waals surface area (Å²) in [6.07, 6.45) is 0.778. The molecule has 0 N–H and O–H groups in total. The van der Waals surface area contributed by atoms with E-state index in [2.05, 4.69) is 10.2 Å². The largest absolute Gasteiger partial charge is 0.342 e. The van der Waals surface area contributed by atoms with Gasteiger partial charge in [-0.25, -0.2) is 0 Å². The first-order valence-corrected chi connectivity index (χ1v) is 6.06. The second kappa shape index (κ2) is 5.96. The molecule has 0 spiro atoms. The third kappa shape index (κ3) is 3.97. The van der Waals surface area contributed by atoms with Crippen molar-refractivity contribution in [3.05, 3.63) is 23.0 Å². The molecule has 0 saturated heterocycles. The summed E-state index contributed by atoms with van der Waals surface area (Å²) in [5, 5.41) is 7.94. The van der Waals surface area contributed by atoms with E-state index in [0.717, 1.165) is 12.1 Å². The van der Waals surface area contributed by atoms with E-state index in [9.17, 15) is 4.79 Å². The second-order valence-corrected chi connectivity index (χ2v) is 5.03. The van der Waals surface area contributed by atoms with Crippen LogP contribution in [-0.4, -0.2) is 40.0 Å². The van der Waals surface area contributed by atoms with Gasteiger partial charge in [0.2, 0.25) is 0 Å². The number of nitrogens with zero attached hydrogens (tertiary/aromatic N) is 3. The molecule has 5 heteroatoms. The molecule has 1 rings (SSSR count). The van der Waals surface area contributed by atoms with Gasteiger partial charge < -0.3 is 4.90 Å². The zero-order valence-electron chi connectivity index (χ0n) is 10.7. The highest BCUT2D eigenvalue weighted by Crippen LogP contribution is 2.10. The number of carbonyl (C=O) groups is 1. The molecule has 0 aliphatic heterocycles. The molecule has 4 nitrogen and oxygen atoms in total. The first-order chi connectivity index (χ1) is 7.91. The Hall–Kier alpha value is -1.16. The molecule has 1 atom stereocenters. The van der Waals surface area contributed by atoms with Gasteiger partial charge in [-0.1, -0.05) is 0 Å². The van der Waals surface area contributed by atoms with Crippen LogP contribution in [0.3, 0.4) is 0 Å². The van der Waals surface area contributed by atoms with Crippen molar-refractivity contribution >= 4 is 17.5 Å².